The minimum absolute atomic E-state index is 0.700. The molecule has 3 aromatic heterocycles. The highest BCUT2D eigenvalue weighted by Crippen LogP contribution is 2.46. The highest BCUT2D eigenvalue weighted by molar-refractivity contribution is 8.00. The Balaban J connectivity index is 2.17. The van der Waals surface area contributed by atoms with Gasteiger partial charge >= 0.3 is 0 Å². The molecular weight excluding hydrogens is 356 g/mol. The largest absolute Gasteiger partial charge is 0.250 e. The van der Waals surface area contributed by atoms with Crippen LogP contribution in [0.2, 0.25) is 0 Å². The molecule has 0 aromatic carbocycles. The van der Waals surface area contributed by atoms with Crippen molar-refractivity contribution in [1.82, 2.24) is 9.19 Å². The Kier molecular flexibility index (Phi) is 4.19. The number of hydrogen-bond donors (Lipinski definition) is 0. The highest BCUT2D eigenvalue weighted by Gasteiger charge is 2.20. The maximum absolute atomic E-state index is 11.6. The van der Waals surface area contributed by atoms with E-state index in [0.717, 1.165) is 25.7 Å². The second-order valence-corrected chi connectivity index (χ2v) is 9.62. The molecule has 0 N–H and O–H groups in total. The van der Waals surface area contributed by atoms with Gasteiger partial charge in [0.25, 0.3) is 10.0 Å². The molecule has 0 saturated heterocycles. The summed E-state index contributed by atoms with van der Waals surface area (Å²) in [6.07, 6.45) is 4.67. The molecule has 3 rings (SSSR count). The van der Waals surface area contributed by atoms with Crippen LogP contribution in [0.25, 0.3) is 21.0 Å². The van der Waals surface area contributed by atoms with Gasteiger partial charge in [0.2, 0.25) is 0 Å². The fraction of sp³-hybridized carbons (Fsp3) is 0.214. The van der Waals surface area contributed by atoms with Crippen molar-refractivity contribution in [3.05, 3.63) is 35.3 Å². The lowest BCUT2D eigenvalue weighted by atomic mass is 10.1. The molecule has 4 nitrogen and oxygen atoms in total. The van der Waals surface area contributed by atoms with Gasteiger partial charge in [-0.1, -0.05) is 6.07 Å². The quantitative estimate of drug-likeness (QED) is 0.647. The van der Waals surface area contributed by atoms with Crippen LogP contribution in [0, 0.1) is 6.92 Å². The zero-order valence-electron chi connectivity index (χ0n) is 12.2. The van der Waals surface area contributed by atoms with Gasteiger partial charge in [-0.3, -0.25) is 0 Å². The van der Waals surface area contributed by atoms with Gasteiger partial charge in [0.15, 0.2) is 0 Å². The predicted octanol–water partition coefficient (Wildman–Crippen LogP) is 4.18. The number of hydrogen-bond acceptors (Lipinski definition) is 6. The molecule has 3 heterocycles. The van der Waals surface area contributed by atoms with Crippen LogP contribution in [0.4, 0.5) is 0 Å². The average Bonchev–Trinajstić information content (AvgIpc) is 3.15. The molecule has 0 aliphatic carbocycles. The van der Waals surface area contributed by atoms with Gasteiger partial charge in [-0.2, -0.15) is 9.19 Å². The summed E-state index contributed by atoms with van der Waals surface area (Å²) in [7, 11) is -3.35. The summed E-state index contributed by atoms with van der Waals surface area (Å²) in [6, 6.07) is 5.90. The molecule has 0 unspecified atom stereocenters. The Bertz CT molecular complexity index is 905. The molecule has 0 fully saturated rings. The first kappa shape index (κ1) is 15.8. The van der Waals surface area contributed by atoms with Crippen LogP contribution in [0.1, 0.15) is 5.56 Å². The number of aromatic nitrogens is 2. The minimum Gasteiger partial charge on any atom is -0.205 e. The van der Waals surface area contributed by atoms with Crippen LogP contribution in [-0.2, 0) is 10.0 Å². The molecule has 0 spiro atoms. The van der Waals surface area contributed by atoms with Crippen molar-refractivity contribution in [3.63, 3.8) is 0 Å². The molecule has 0 saturated carbocycles. The Morgan fingerprint density at radius 3 is 2.64 bits per heavy atom. The van der Waals surface area contributed by atoms with Crippen molar-refractivity contribution in [2.24, 2.45) is 0 Å². The van der Waals surface area contributed by atoms with Crippen molar-refractivity contribution in [1.29, 1.82) is 0 Å². The van der Waals surface area contributed by atoms with Crippen molar-refractivity contribution in [2.75, 3.05) is 12.5 Å². The smallest absolute Gasteiger partial charge is 0.205 e. The second-order valence-electron chi connectivity index (χ2n) is 4.74. The summed E-state index contributed by atoms with van der Waals surface area (Å²) in [4.78, 5) is 2.45. The fourth-order valence-corrected chi connectivity index (χ4v) is 5.72. The van der Waals surface area contributed by atoms with E-state index in [2.05, 4.69) is 23.5 Å². The number of thioether (sulfide) groups is 1. The highest BCUT2D eigenvalue weighted by atomic mass is 32.2. The molecule has 3 aromatic rings. The number of rotatable bonds is 4. The van der Waals surface area contributed by atoms with Gasteiger partial charge in [0.05, 0.1) is 16.2 Å². The molecule has 22 heavy (non-hydrogen) atoms. The van der Waals surface area contributed by atoms with Crippen molar-refractivity contribution in [2.45, 2.75) is 11.1 Å². The van der Waals surface area contributed by atoms with Crippen LogP contribution < -0.4 is 0 Å². The Morgan fingerprint density at radius 2 is 2.09 bits per heavy atom. The lowest BCUT2D eigenvalue weighted by Crippen LogP contribution is -2.10. The molecule has 8 heteroatoms. The average molecular weight is 371 g/mol. The summed E-state index contributed by atoms with van der Waals surface area (Å²) in [5, 5.41) is 6.30. The van der Waals surface area contributed by atoms with E-state index in [1.165, 1.54) is 16.0 Å². The van der Waals surface area contributed by atoms with Gasteiger partial charge in [-0.05, 0) is 36.3 Å². The summed E-state index contributed by atoms with van der Waals surface area (Å²) < 4.78 is 25.4. The standard InChI is InChI=1S/C14H14N2O2S4/c1-9-12(10-6-7-16(15-10)22(3,17)18)14(19-2)21-13(9)11-5-4-8-20-11/h4-8H,1-3H3. The second kappa shape index (κ2) is 5.84. The number of nitrogens with zero attached hydrogens (tertiary/aromatic N) is 2. The summed E-state index contributed by atoms with van der Waals surface area (Å²) in [5.41, 5.74) is 2.88. The Hall–Kier alpha value is -1.09. The van der Waals surface area contributed by atoms with Gasteiger partial charge in [-0.25, -0.2) is 8.42 Å². The maximum Gasteiger partial charge on any atom is 0.250 e. The van der Waals surface area contributed by atoms with E-state index in [1.807, 2.05) is 12.3 Å². The SMILES string of the molecule is CSc1sc(-c2cccs2)c(C)c1-c1ccn(S(C)(=O)=O)n1. The zero-order chi connectivity index (χ0) is 15.9. The van der Waals surface area contributed by atoms with Crippen molar-refractivity contribution in [3.8, 4) is 21.0 Å². The van der Waals surface area contributed by atoms with E-state index in [0.29, 0.717) is 5.69 Å². The Morgan fingerprint density at radius 1 is 1.32 bits per heavy atom. The Labute approximate surface area is 141 Å². The van der Waals surface area contributed by atoms with E-state index in [1.54, 1.807) is 40.5 Å². The lowest BCUT2D eigenvalue weighted by molar-refractivity contribution is 0.586. The normalized spacial score (nSPS) is 12.0. The third kappa shape index (κ3) is 2.76. The van der Waals surface area contributed by atoms with Gasteiger partial charge < -0.3 is 0 Å². The van der Waals surface area contributed by atoms with E-state index in [-0.39, 0.29) is 0 Å². The first-order valence-corrected chi connectivity index (χ1v) is 11.2. The van der Waals surface area contributed by atoms with Crippen molar-refractivity contribution < 1.29 is 8.42 Å². The zero-order valence-corrected chi connectivity index (χ0v) is 15.5. The maximum atomic E-state index is 11.6. The van der Waals surface area contributed by atoms with Crippen LogP contribution in [0.3, 0.4) is 0 Å². The van der Waals surface area contributed by atoms with E-state index < -0.39 is 10.0 Å². The molecular formula is C14H14N2O2S4. The van der Waals surface area contributed by atoms with Crippen LogP contribution in [-0.4, -0.2) is 30.1 Å². The molecule has 0 bridgehead atoms. The monoisotopic (exact) mass is 370 g/mol. The minimum atomic E-state index is -3.35. The fourth-order valence-electron chi connectivity index (χ4n) is 2.20. The van der Waals surface area contributed by atoms with E-state index in [9.17, 15) is 8.42 Å². The van der Waals surface area contributed by atoms with Crippen LogP contribution in [0.5, 0.6) is 0 Å². The summed E-state index contributed by atoms with van der Waals surface area (Å²) >= 11 is 5.10. The van der Waals surface area contributed by atoms with E-state index in [4.69, 9.17) is 0 Å². The van der Waals surface area contributed by atoms with Gasteiger partial charge in [0.1, 0.15) is 0 Å². The van der Waals surface area contributed by atoms with Crippen molar-refractivity contribution >= 4 is 44.5 Å². The van der Waals surface area contributed by atoms with Crippen LogP contribution in [0.15, 0.2) is 34.0 Å². The van der Waals surface area contributed by atoms with E-state index >= 15 is 0 Å². The van der Waals surface area contributed by atoms with Crippen LogP contribution >= 0.6 is 34.4 Å². The third-order valence-corrected chi connectivity index (χ3v) is 7.55. The topological polar surface area (TPSA) is 52.0 Å². The molecule has 0 aliphatic rings. The molecule has 0 amide bonds. The molecule has 116 valence electrons. The van der Waals surface area contributed by atoms with Gasteiger partial charge in [-0.15, -0.1) is 34.4 Å². The first-order chi connectivity index (χ1) is 10.4. The first-order valence-electron chi connectivity index (χ1n) is 6.39. The summed E-state index contributed by atoms with van der Waals surface area (Å²) in [6.45, 7) is 2.07. The molecule has 0 atom stereocenters. The number of thiophene rings is 2. The summed E-state index contributed by atoms with van der Waals surface area (Å²) in [5.74, 6) is 0. The third-order valence-electron chi connectivity index (χ3n) is 3.21. The lowest BCUT2D eigenvalue weighted by Gasteiger charge is -2.01. The molecule has 0 aliphatic heterocycles. The van der Waals surface area contributed by atoms with Gasteiger partial charge in [0, 0.05) is 21.5 Å². The predicted molar refractivity (Wildman–Crippen MR) is 95.6 cm³/mol. The molecule has 0 radical (unpaired) electrons.